The lowest BCUT2D eigenvalue weighted by molar-refractivity contribution is -0.140. The molecule has 0 aromatic heterocycles. The van der Waals surface area contributed by atoms with Crippen molar-refractivity contribution in [3.63, 3.8) is 0 Å². The minimum absolute atomic E-state index is 0.169. The van der Waals surface area contributed by atoms with Crippen LogP contribution in [0.25, 0.3) is 0 Å². The molecule has 8 heteroatoms. The van der Waals surface area contributed by atoms with Crippen LogP contribution >= 0.6 is 0 Å². The molecule has 0 aliphatic rings. The molecular weight excluding hydrogens is 522 g/mol. The Balaban J connectivity index is 2.08. The van der Waals surface area contributed by atoms with Gasteiger partial charge in [0.05, 0.1) is 11.9 Å². The predicted octanol–water partition coefficient (Wildman–Crippen LogP) is 4.79. The summed E-state index contributed by atoms with van der Waals surface area (Å²) in [5.41, 5.74) is 4.86. The van der Waals surface area contributed by atoms with Crippen LogP contribution in [0.1, 0.15) is 41.7 Å². The first-order chi connectivity index (χ1) is 18.9. The summed E-state index contributed by atoms with van der Waals surface area (Å²) in [7, 11) is -3.81. The number of hydrogen-bond donors (Lipinski definition) is 1. The van der Waals surface area contributed by atoms with Crippen molar-refractivity contribution in [1.82, 2.24) is 10.2 Å². The maximum atomic E-state index is 14.2. The number of hydrogen-bond acceptors (Lipinski definition) is 4. The Morgan fingerprint density at radius 1 is 0.875 bits per heavy atom. The summed E-state index contributed by atoms with van der Waals surface area (Å²) in [5.74, 6) is -0.487. The molecule has 0 radical (unpaired) electrons. The summed E-state index contributed by atoms with van der Waals surface area (Å²) in [4.78, 5) is 29.4. The zero-order valence-corrected chi connectivity index (χ0v) is 25.2. The van der Waals surface area contributed by atoms with Crippen LogP contribution in [0.3, 0.4) is 0 Å². The molecule has 1 N–H and O–H groups in total. The third-order valence-corrected chi connectivity index (χ3v) is 8.00. The molecule has 0 aliphatic carbocycles. The second kappa shape index (κ2) is 13.6. The van der Waals surface area contributed by atoms with Gasteiger partial charge >= 0.3 is 0 Å². The molecule has 0 saturated heterocycles. The van der Waals surface area contributed by atoms with Gasteiger partial charge in [0.25, 0.3) is 0 Å². The van der Waals surface area contributed by atoms with Gasteiger partial charge in [0.1, 0.15) is 12.6 Å². The molecule has 0 aliphatic heterocycles. The summed E-state index contributed by atoms with van der Waals surface area (Å²) in [6.07, 6.45) is 1.40. The van der Waals surface area contributed by atoms with Gasteiger partial charge in [-0.1, -0.05) is 80.6 Å². The Morgan fingerprint density at radius 2 is 1.52 bits per heavy atom. The first-order valence-electron chi connectivity index (χ1n) is 13.6. The van der Waals surface area contributed by atoms with Gasteiger partial charge in [-0.15, -0.1) is 0 Å². The normalized spacial score (nSPS) is 12.2. The number of sulfonamides is 1. The van der Waals surface area contributed by atoms with E-state index in [9.17, 15) is 18.0 Å². The van der Waals surface area contributed by atoms with Crippen molar-refractivity contribution in [3.05, 3.63) is 101 Å². The van der Waals surface area contributed by atoms with Crippen molar-refractivity contribution in [2.75, 3.05) is 23.7 Å². The number of benzene rings is 3. The lowest BCUT2D eigenvalue weighted by Gasteiger charge is -2.34. The highest BCUT2D eigenvalue weighted by Crippen LogP contribution is 2.25. The number of amides is 2. The maximum Gasteiger partial charge on any atom is 0.244 e. The Hall–Kier alpha value is -3.65. The van der Waals surface area contributed by atoms with Gasteiger partial charge in [-0.2, -0.15) is 0 Å². The van der Waals surface area contributed by atoms with E-state index in [1.54, 1.807) is 6.07 Å². The van der Waals surface area contributed by atoms with Crippen LogP contribution in [0.5, 0.6) is 0 Å². The fourth-order valence-electron chi connectivity index (χ4n) is 4.53. The zero-order chi connectivity index (χ0) is 29.4. The number of aryl methyl sites for hydroxylation is 3. The standard InChI is InChI=1S/C32H41N3O4S/c1-23(2)20-33-32(37)30(19-27-13-8-7-9-14-27)34(21-28-15-11-10-12-25(28)4)31(36)22-35(40(6,38)39)29-18-24(3)16-17-26(29)5/h7-18,23,30H,19-22H2,1-6H3,(H,33,37). The second-order valence-corrected chi connectivity index (χ2v) is 12.8. The minimum Gasteiger partial charge on any atom is -0.354 e. The highest BCUT2D eigenvalue weighted by molar-refractivity contribution is 7.92. The Kier molecular flexibility index (Phi) is 10.5. The number of nitrogens with one attached hydrogen (secondary N) is 1. The highest BCUT2D eigenvalue weighted by atomic mass is 32.2. The average molecular weight is 564 g/mol. The van der Waals surface area contributed by atoms with Gasteiger partial charge in [-0.05, 0) is 60.6 Å². The SMILES string of the molecule is Cc1ccc(C)c(N(CC(=O)N(Cc2ccccc2C)C(Cc2ccccc2)C(=O)NCC(C)C)S(C)(=O)=O)c1. The van der Waals surface area contributed by atoms with E-state index in [1.807, 2.05) is 101 Å². The van der Waals surface area contributed by atoms with Crippen LogP contribution in [0, 0.1) is 26.7 Å². The van der Waals surface area contributed by atoms with E-state index < -0.39 is 28.5 Å². The molecule has 214 valence electrons. The number of rotatable bonds is 12. The third kappa shape index (κ3) is 8.42. The van der Waals surface area contributed by atoms with E-state index in [0.717, 1.165) is 38.4 Å². The van der Waals surface area contributed by atoms with Gasteiger partial charge in [0, 0.05) is 19.5 Å². The van der Waals surface area contributed by atoms with Crippen LogP contribution in [0.2, 0.25) is 0 Å². The Morgan fingerprint density at radius 3 is 2.15 bits per heavy atom. The fraction of sp³-hybridized carbons (Fsp3) is 0.375. The molecule has 3 aromatic rings. The third-order valence-electron chi connectivity index (χ3n) is 6.87. The maximum absolute atomic E-state index is 14.2. The molecule has 0 fully saturated rings. The van der Waals surface area contributed by atoms with Crippen molar-refractivity contribution < 1.29 is 18.0 Å². The lowest BCUT2D eigenvalue weighted by atomic mass is 10.0. The summed E-state index contributed by atoms with van der Waals surface area (Å²) in [6.45, 7) is 9.90. The first kappa shape index (κ1) is 30.9. The van der Waals surface area contributed by atoms with E-state index in [-0.39, 0.29) is 18.4 Å². The molecule has 2 amide bonds. The van der Waals surface area contributed by atoms with Crippen LogP contribution in [0.15, 0.2) is 72.8 Å². The van der Waals surface area contributed by atoms with Crippen molar-refractivity contribution >= 4 is 27.5 Å². The van der Waals surface area contributed by atoms with E-state index in [4.69, 9.17) is 0 Å². The van der Waals surface area contributed by atoms with Gasteiger partial charge < -0.3 is 10.2 Å². The second-order valence-electron chi connectivity index (χ2n) is 10.9. The summed E-state index contributed by atoms with van der Waals surface area (Å²) < 4.78 is 27.2. The average Bonchev–Trinajstić information content (AvgIpc) is 2.90. The van der Waals surface area contributed by atoms with E-state index in [1.165, 1.54) is 4.90 Å². The van der Waals surface area contributed by atoms with Gasteiger partial charge in [0.2, 0.25) is 21.8 Å². The quantitative estimate of drug-likeness (QED) is 0.343. The molecule has 3 rings (SSSR count). The fourth-order valence-corrected chi connectivity index (χ4v) is 5.43. The van der Waals surface area contributed by atoms with Crippen molar-refractivity contribution in [1.29, 1.82) is 0 Å². The number of carbonyl (C=O) groups excluding carboxylic acids is 2. The van der Waals surface area contributed by atoms with Gasteiger partial charge in [-0.3, -0.25) is 13.9 Å². The van der Waals surface area contributed by atoms with E-state index in [2.05, 4.69) is 5.32 Å². The minimum atomic E-state index is -3.81. The molecule has 7 nitrogen and oxygen atoms in total. The lowest BCUT2D eigenvalue weighted by Crippen LogP contribution is -2.53. The molecule has 3 aromatic carbocycles. The first-order valence-corrected chi connectivity index (χ1v) is 15.4. The molecule has 0 spiro atoms. The van der Waals surface area contributed by atoms with E-state index >= 15 is 0 Å². The van der Waals surface area contributed by atoms with E-state index in [0.29, 0.717) is 18.7 Å². The van der Waals surface area contributed by atoms with Gasteiger partial charge in [0.15, 0.2) is 0 Å². The van der Waals surface area contributed by atoms with Crippen molar-refractivity contribution in [2.24, 2.45) is 5.92 Å². The largest absolute Gasteiger partial charge is 0.354 e. The number of nitrogens with zero attached hydrogens (tertiary/aromatic N) is 2. The van der Waals surface area contributed by atoms with Crippen LogP contribution in [-0.4, -0.2) is 50.5 Å². The monoisotopic (exact) mass is 563 g/mol. The summed E-state index contributed by atoms with van der Waals surface area (Å²) in [6, 6.07) is 22.0. The molecule has 40 heavy (non-hydrogen) atoms. The van der Waals surface area contributed by atoms with Crippen LogP contribution < -0.4 is 9.62 Å². The highest BCUT2D eigenvalue weighted by Gasteiger charge is 2.33. The molecular formula is C32H41N3O4S. The molecule has 1 atom stereocenters. The van der Waals surface area contributed by atoms with Gasteiger partial charge in [-0.25, -0.2) is 8.42 Å². The smallest absolute Gasteiger partial charge is 0.244 e. The molecule has 0 heterocycles. The molecule has 0 saturated carbocycles. The molecule has 0 bridgehead atoms. The van der Waals surface area contributed by atoms with Crippen LogP contribution in [0.4, 0.5) is 5.69 Å². The van der Waals surface area contributed by atoms with Crippen LogP contribution in [-0.2, 0) is 32.6 Å². The zero-order valence-electron chi connectivity index (χ0n) is 24.3. The summed E-state index contributed by atoms with van der Waals surface area (Å²) in [5, 5.41) is 3.01. The van der Waals surface area contributed by atoms with Crippen molar-refractivity contribution in [2.45, 2.75) is 53.6 Å². The topological polar surface area (TPSA) is 86.8 Å². The predicted molar refractivity (Wildman–Crippen MR) is 162 cm³/mol. The molecule has 1 unspecified atom stereocenters. The Bertz CT molecular complexity index is 1420. The number of carbonyl (C=O) groups is 2. The van der Waals surface area contributed by atoms with Crippen molar-refractivity contribution in [3.8, 4) is 0 Å². The Labute approximate surface area is 239 Å². The number of anilines is 1. The summed E-state index contributed by atoms with van der Waals surface area (Å²) >= 11 is 0.